The molecule has 82 valence electrons. The number of carboxylic acid groups (broad SMARTS) is 1. The van der Waals surface area contributed by atoms with E-state index < -0.39 is 18.0 Å². The van der Waals surface area contributed by atoms with Gasteiger partial charge < -0.3 is 15.5 Å². The lowest BCUT2D eigenvalue weighted by atomic mass is 10.3. The standard InChI is InChI=1S/C8H8BrNO4S/c9-4-1-2-15-6(4)7(12)10-3-5(11)8(13)14/h1-2,5,11H,3H2,(H,10,12)(H,13,14)/t5-/m0/s1. The summed E-state index contributed by atoms with van der Waals surface area (Å²) in [6.07, 6.45) is -1.58. The van der Waals surface area contributed by atoms with Crippen LogP contribution in [0, 0.1) is 0 Å². The van der Waals surface area contributed by atoms with Gasteiger partial charge in [0.1, 0.15) is 4.88 Å². The van der Waals surface area contributed by atoms with Crippen molar-refractivity contribution < 1.29 is 19.8 Å². The molecule has 0 aliphatic heterocycles. The van der Waals surface area contributed by atoms with Crippen molar-refractivity contribution in [1.82, 2.24) is 5.32 Å². The highest BCUT2D eigenvalue weighted by molar-refractivity contribution is 9.10. The molecule has 1 amide bonds. The second kappa shape index (κ2) is 5.24. The number of amides is 1. The molecule has 1 atom stereocenters. The molecule has 0 aliphatic carbocycles. The predicted octanol–water partition coefficient (Wildman–Crippen LogP) is 0.686. The molecule has 0 radical (unpaired) electrons. The smallest absolute Gasteiger partial charge is 0.334 e. The maximum atomic E-state index is 11.4. The van der Waals surface area contributed by atoms with E-state index in [1.807, 2.05) is 0 Å². The fourth-order valence-electron chi connectivity index (χ4n) is 0.813. The monoisotopic (exact) mass is 293 g/mol. The number of thiophene rings is 1. The Kier molecular flexibility index (Phi) is 4.25. The fourth-order valence-corrected chi connectivity index (χ4v) is 2.28. The number of carboxylic acids is 1. The Morgan fingerprint density at radius 1 is 1.60 bits per heavy atom. The first-order chi connectivity index (χ1) is 7.02. The third-order valence-electron chi connectivity index (χ3n) is 1.56. The van der Waals surface area contributed by atoms with Gasteiger partial charge in [-0.15, -0.1) is 11.3 Å². The van der Waals surface area contributed by atoms with Gasteiger partial charge in [0.05, 0.1) is 6.54 Å². The van der Waals surface area contributed by atoms with Crippen LogP contribution in [0.4, 0.5) is 0 Å². The second-order valence-corrected chi connectivity index (χ2v) is 4.43. The summed E-state index contributed by atoms with van der Waals surface area (Å²) in [7, 11) is 0. The summed E-state index contributed by atoms with van der Waals surface area (Å²) in [6.45, 7) is -0.307. The van der Waals surface area contributed by atoms with Crippen molar-refractivity contribution >= 4 is 39.1 Å². The van der Waals surface area contributed by atoms with E-state index in [4.69, 9.17) is 10.2 Å². The van der Waals surface area contributed by atoms with Crippen LogP contribution in [0.1, 0.15) is 9.67 Å². The quantitative estimate of drug-likeness (QED) is 0.762. The summed E-state index contributed by atoms with van der Waals surface area (Å²) in [4.78, 5) is 22.1. The molecule has 1 aromatic rings. The number of carbonyl (C=O) groups excluding carboxylic acids is 1. The molecule has 1 rings (SSSR count). The maximum Gasteiger partial charge on any atom is 0.334 e. The lowest BCUT2D eigenvalue weighted by Gasteiger charge is -2.06. The molecule has 7 heteroatoms. The van der Waals surface area contributed by atoms with Gasteiger partial charge in [-0.05, 0) is 27.4 Å². The average molecular weight is 294 g/mol. The van der Waals surface area contributed by atoms with E-state index in [1.54, 1.807) is 11.4 Å². The number of nitrogens with one attached hydrogen (secondary N) is 1. The van der Waals surface area contributed by atoms with Gasteiger partial charge >= 0.3 is 5.97 Å². The van der Waals surface area contributed by atoms with Crippen LogP contribution in [0.5, 0.6) is 0 Å². The van der Waals surface area contributed by atoms with E-state index in [0.717, 1.165) is 0 Å². The van der Waals surface area contributed by atoms with Crippen LogP contribution >= 0.6 is 27.3 Å². The van der Waals surface area contributed by atoms with E-state index >= 15 is 0 Å². The lowest BCUT2D eigenvalue weighted by molar-refractivity contribution is -0.146. The molecule has 0 saturated heterocycles. The minimum absolute atomic E-state index is 0.307. The summed E-state index contributed by atoms with van der Waals surface area (Å²) in [5.41, 5.74) is 0. The van der Waals surface area contributed by atoms with Crippen molar-refractivity contribution in [3.63, 3.8) is 0 Å². The summed E-state index contributed by atoms with van der Waals surface area (Å²) in [6, 6.07) is 1.72. The fraction of sp³-hybridized carbons (Fsp3) is 0.250. The van der Waals surface area contributed by atoms with E-state index in [0.29, 0.717) is 9.35 Å². The van der Waals surface area contributed by atoms with Crippen molar-refractivity contribution in [2.75, 3.05) is 6.54 Å². The van der Waals surface area contributed by atoms with Crippen LogP contribution < -0.4 is 5.32 Å². The summed E-state index contributed by atoms with van der Waals surface area (Å²) < 4.78 is 0.648. The predicted molar refractivity (Wildman–Crippen MR) is 58.0 cm³/mol. The Hall–Kier alpha value is -0.920. The van der Waals surface area contributed by atoms with Gasteiger partial charge in [0.15, 0.2) is 6.10 Å². The highest BCUT2D eigenvalue weighted by Gasteiger charge is 2.16. The third kappa shape index (κ3) is 3.29. The first kappa shape index (κ1) is 12.2. The Morgan fingerprint density at radius 3 is 2.73 bits per heavy atom. The SMILES string of the molecule is O=C(NC[C@H](O)C(=O)O)c1sccc1Br. The maximum absolute atomic E-state index is 11.4. The largest absolute Gasteiger partial charge is 0.479 e. The molecular weight excluding hydrogens is 286 g/mol. The van der Waals surface area contributed by atoms with Crippen molar-refractivity contribution in [2.45, 2.75) is 6.10 Å². The minimum Gasteiger partial charge on any atom is -0.479 e. The zero-order valence-corrected chi connectivity index (χ0v) is 9.84. The molecule has 0 fully saturated rings. The van der Waals surface area contributed by atoms with Crippen LogP contribution in [-0.2, 0) is 4.79 Å². The minimum atomic E-state index is -1.58. The molecule has 5 nitrogen and oxygen atoms in total. The zero-order chi connectivity index (χ0) is 11.4. The van der Waals surface area contributed by atoms with Crippen LogP contribution in [0.2, 0.25) is 0 Å². The summed E-state index contributed by atoms with van der Waals surface area (Å²) in [5, 5.41) is 21.3. The van der Waals surface area contributed by atoms with Gasteiger partial charge in [-0.3, -0.25) is 4.79 Å². The Labute approximate surface area is 97.9 Å². The third-order valence-corrected chi connectivity index (χ3v) is 3.40. The van der Waals surface area contributed by atoms with Gasteiger partial charge in [-0.1, -0.05) is 0 Å². The van der Waals surface area contributed by atoms with Crippen molar-refractivity contribution in [2.24, 2.45) is 0 Å². The molecule has 0 spiro atoms. The van der Waals surface area contributed by atoms with Gasteiger partial charge in [-0.25, -0.2) is 4.79 Å². The first-order valence-electron chi connectivity index (χ1n) is 3.94. The van der Waals surface area contributed by atoms with Gasteiger partial charge in [-0.2, -0.15) is 0 Å². The van der Waals surface area contributed by atoms with Gasteiger partial charge in [0, 0.05) is 4.47 Å². The molecule has 1 heterocycles. The van der Waals surface area contributed by atoms with E-state index in [9.17, 15) is 9.59 Å². The number of aliphatic carboxylic acids is 1. The second-order valence-electron chi connectivity index (χ2n) is 2.66. The number of aliphatic hydroxyl groups excluding tert-OH is 1. The number of aliphatic hydroxyl groups is 1. The first-order valence-corrected chi connectivity index (χ1v) is 5.61. The number of hydrogen-bond donors (Lipinski definition) is 3. The van der Waals surface area contributed by atoms with E-state index in [-0.39, 0.29) is 6.54 Å². The average Bonchev–Trinajstić information content (AvgIpc) is 2.60. The van der Waals surface area contributed by atoms with Crippen molar-refractivity contribution in [1.29, 1.82) is 0 Å². The Balaban J connectivity index is 2.51. The normalized spacial score (nSPS) is 12.1. The molecular formula is C8H8BrNO4S. The van der Waals surface area contributed by atoms with Gasteiger partial charge in [0.2, 0.25) is 0 Å². The van der Waals surface area contributed by atoms with E-state index in [2.05, 4.69) is 21.2 Å². The molecule has 0 aliphatic rings. The molecule has 1 aromatic heterocycles. The van der Waals surface area contributed by atoms with Gasteiger partial charge in [0.25, 0.3) is 5.91 Å². The summed E-state index contributed by atoms with van der Waals surface area (Å²) >= 11 is 4.40. The topological polar surface area (TPSA) is 86.6 Å². The molecule has 0 aromatic carbocycles. The van der Waals surface area contributed by atoms with E-state index in [1.165, 1.54) is 11.3 Å². The number of hydrogen-bond acceptors (Lipinski definition) is 4. The Bertz CT molecular complexity index is 378. The highest BCUT2D eigenvalue weighted by Crippen LogP contribution is 2.22. The molecule has 0 bridgehead atoms. The van der Waals surface area contributed by atoms with Crippen LogP contribution in [0.15, 0.2) is 15.9 Å². The van der Waals surface area contributed by atoms with Crippen LogP contribution in [-0.4, -0.2) is 34.7 Å². The zero-order valence-electron chi connectivity index (χ0n) is 7.44. The highest BCUT2D eigenvalue weighted by atomic mass is 79.9. The number of halogens is 1. The number of rotatable bonds is 4. The number of carbonyl (C=O) groups is 2. The molecule has 0 saturated carbocycles. The Morgan fingerprint density at radius 2 is 2.27 bits per heavy atom. The summed E-state index contributed by atoms with van der Waals surface area (Å²) in [5.74, 6) is -1.77. The molecule has 3 N–H and O–H groups in total. The van der Waals surface area contributed by atoms with Crippen LogP contribution in [0.25, 0.3) is 0 Å². The lowest BCUT2D eigenvalue weighted by Crippen LogP contribution is -2.36. The van der Waals surface area contributed by atoms with Crippen molar-refractivity contribution in [3.8, 4) is 0 Å². The molecule has 15 heavy (non-hydrogen) atoms. The molecule has 0 unspecified atom stereocenters. The van der Waals surface area contributed by atoms with Crippen molar-refractivity contribution in [3.05, 3.63) is 20.8 Å². The van der Waals surface area contributed by atoms with Crippen LogP contribution in [0.3, 0.4) is 0 Å².